The lowest BCUT2D eigenvalue weighted by molar-refractivity contribution is 0.0519. The van der Waals surface area contributed by atoms with Crippen LogP contribution in [0.2, 0.25) is 0 Å². The molecule has 0 unspecified atom stereocenters. The van der Waals surface area contributed by atoms with Gasteiger partial charge in [0.15, 0.2) is 5.78 Å². The SMILES string of the molecule is CCOC(=O)c1[nH]c(C)c(C(=O)CN(C(=O)c2ccc(OC)cc2)C2CC2)c1C. The van der Waals surface area contributed by atoms with Crippen LogP contribution in [0.1, 0.15) is 62.2 Å². The van der Waals surface area contributed by atoms with Crippen LogP contribution in [0, 0.1) is 13.8 Å². The summed E-state index contributed by atoms with van der Waals surface area (Å²) in [5, 5.41) is 0. The summed E-state index contributed by atoms with van der Waals surface area (Å²) in [5.41, 5.74) is 2.40. The maximum atomic E-state index is 13.1. The van der Waals surface area contributed by atoms with Crippen molar-refractivity contribution < 1.29 is 23.9 Å². The number of ketones is 1. The molecule has 1 aromatic heterocycles. The number of carbonyl (C=O) groups excluding carboxylic acids is 3. The van der Waals surface area contributed by atoms with E-state index >= 15 is 0 Å². The van der Waals surface area contributed by atoms with Crippen molar-refractivity contribution >= 4 is 17.7 Å². The van der Waals surface area contributed by atoms with Crippen LogP contribution in [-0.2, 0) is 4.74 Å². The summed E-state index contributed by atoms with van der Waals surface area (Å²) in [6.07, 6.45) is 1.77. The largest absolute Gasteiger partial charge is 0.497 e. The number of ether oxygens (including phenoxy) is 2. The van der Waals surface area contributed by atoms with Gasteiger partial charge in [0.05, 0.1) is 20.3 Å². The van der Waals surface area contributed by atoms with Gasteiger partial charge in [-0.25, -0.2) is 4.79 Å². The van der Waals surface area contributed by atoms with Crippen molar-refractivity contribution in [2.24, 2.45) is 0 Å². The number of methoxy groups -OCH3 is 1. The lowest BCUT2D eigenvalue weighted by atomic mass is 10.0. The molecule has 1 aromatic carbocycles. The zero-order chi connectivity index (χ0) is 21.1. The van der Waals surface area contributed by atoms with Gasteiger partial charge in [-0.15, -0.1) is 0 Å². The van der Waals surface area contributed by atoms with Gasteiger partial charge < -0.3 is 19.4 Å². The molecule has 7 nitrogen and oxygen atoms in total. The Morgan fingerprint density at radius 3 is 2.34 bits per heavy atom. The van der Waals surface area contributed by atoms with Gasteiger partial charge in [0.2, 0.25) is 0 Å². The molecule has 0 bridgehead atoms. The number of benzene rings is 1. The number of hydrogen-bond acceptors (Lipinski definition) is 5. The van der Waals surface area contributed by atoms with Crippen LogP contribution in [0.3, 0.4) is 0 Å². The molecular formula is C22H26N2O5. The second kappa shape index (κ2) is 8.51. The Balaban J connectivity index is 1.82. The lowest BCUT2D eigenvalue weighted by Gasteiger charge is -2.22. The highest BCUT2D eigenvalue weighted by molar-refractivity contribution is 6.06. The van der Waals surface area contributed by atoms with Crippen molar-refractivity contribution in [3.05, 3.63) is 52.3 Å². The van der Waals surface area contributed by atoms with Crippen molar-refractivity contribution in [2.75, 3.05) is 20.3 Å². The maximum absolute atomic E-state index is 13.1. The number of aromatic nitrogens is 1. The van der Waals surface area contributed by atoms with E-state index < -0.39 is 5.97 Å². The molecular weight excluding hydrogens is 372 g/mol. The van der Waals surface area contributed by atoms with E-state index in [0.717, 1.165) is 12.8 Å². The Labute approximate surface area is 170 Å². The molecule has 1 saturated carbocycles. The summed E-state index contributed by atoms with van der Waals surface area (Å²) in [4.78, 5) is 42.8. The molecule has 1 aliphatic carbocycles. The van der Waals surface area contributed by atoms with Crippen molar-refractivity contribution in [3.8, 4) is 5.75 Å². The predicted octanol–water partition coefficient (Wildman–Crippen LogP) is 3.30. The van der Waals surface area contributed by atoms with Gasteiger partial charge in [0, 0.05) is 22.9 Å². The Kier molecular flexibility index (Phi) is 6.06. The number of carbonyl (C=O) groups is 3. The van der Waals surface area contributed by atoms with Gasteiger partial charge in [-0.1, -0.05) is 0 Å². The molecule has 2 aromatic rings. The minimum absolute atomic E-state index is 0.0304. The fourth-order valence-corrected chi connectivity index (χ4v) is 3.46. The number of aryl methyl sites for hydroxylation is 1. The Bertz CT molecular complexity index is 925. The summed E-state index contributed by atoms with van der Waals surface area (Å²) in [6.45, 7) is 5.42. The predicted molar refractivity (Wildman–Crippen MR) is 108 cm³/mol. The summed E-state index contributed by atoms with van der Waals surface area (Å²) in [5.74, 6) is -0.193. The zero-order valence-electron chi connectivity index (χ0n) is 17.2. The molecule has 0 saturated heterocycles. The molecule has 0 aliphatic heterocycles. The summed E-state index contributed by atoms with van der Waals surface area (Å²) >= 11 is 0. The molecule has 7 heteroatoms. The van der Waals surface area contributed by atoms with E-state index in [-0.39, 0.29) is 36.6 Å². The van der Waals surface area contributed by atoms with E-state index in [9.17, 15) is 14.4 Å². The average Bonchev–Trinajstić information content (AvgIpc) is 3.50. The maximum Gasteiger partial charge on any atom is 0.355 e. The average molecular weight is 398 g/mol. The Morgan fingerprint density at radius 2 is 1.79 bits per heavy atom. The van der Waals surface area contributed by atoms with E-state index in [0.29, 0.717) is 28.1 Å². The van der Waals surface area contributed by atoms with Gasteiger partial charge in [0.1, 0.15) is 11.4 Å². The van der Waals surface area contributed by atoms with Crippen LogP contribution in [0.4, 0.5) is 0 Å². The highest BCUT2D eigenvalue weighted by atomic mass is 16.5. The first kappa shape index (κ1) is 20.6. The number of esters is 1. The Morgan fingerprint density at radius 1 is 1.14 bits per heavy atom. The zero-order valence-corrected chi connectivity index (χ0v) is 17.2. The molecule has 0 atom stereocenters. The van der Waals surface area contributed by atoms with Crippen molar-refractivity contribution in [3.63, 3.8) is 0 Å². The molecule has 1 N–H and O–H groups in total. The van der Waals surface area contributed by atoms with E-state index in [4.69, 9.17) is 9.47 Å². The number of nitrogens with zero attached hydrogens (tertiary/aromatic N) is 1. The van der Waals surface area contributed by atoms with Crippen LogP contribution < -0.4 is 4.74 Å². The minimum Gasteiger partial charge on any atom is -0.497 e. The third-order valence-corrected chi connectivity index (χ3v) is 5.10. The van der Waals surface area contributed by atoms with Gasteiger partial charge in [-0.05, 0) is 63.4 Å². The standard InChI is InChI=1S/C22H26N2O5/c1-5-29-22(27)20-13(2)19(14(3)23-20)18(25)12-24(16-8-9-16)21(26)15-6-10-17(28-4)11-7-15/h6-7,10-11,16,23H,5,8-9,12H2,1-4H3. The molecule has 0 radical (unpaired) electrons. The minimum atomic E-state index is -0.486. The molecule has 0 spiro atoms. The third kappa shape index (κ3) is 4.34. The fourth-order valence-electron chi connectivity index (χ4n) is 3.46. The van der Waals surface area contributed by atoms with Crippen LogP contribution >= 0.6 is 0 Å². The van der Waals surface area contributed by atoms with E-state index in [2.05, 4.69) is 4.98 Å². The normalized spacial score (nSPS) is 13.1. The topological polar surface area (TPSA) is 88.7 Å². The molecule has 154 valence electrons. The number of Topliss-reactive ketones (excluding diaryl/α,β-unsaturated/α-hetero) is 1. The number of aromatic amines is 1. The van der Waals surface area contributed by atoms with Crippen molar-refractivity contribution in [2.45, 2.75) is 39.7 Å². The third-order valence-electron chi connectivity index (χ3n) is 5.10. The van der Waals surface area contributed by atoms with Gasteiger partial charge in [-0.2, -0.15) is 0 Å². The summed E-state index contributed by atoms with van der Waals surface area (Å²) < 4.78 is 10.2. The van der Waals surface area contributed by atoms with Gasteiger partial charge in [0.25, 0.3) is 5.91 Å². The summed E-state index contributed by atoms with van der Waals surface area (Å²) in [6, 6.07) is 6.93. The fraction of sp³-hybridized carbons (Fsp3) is 0.409. The number of rotatable bonds is 8. The van der Waals surface area contributed by atoms with Gasteiger partial charge >= 0.3 is 5.97 Å². The number of amides is 1. The first-order valence-corrected chi connectivity index (χ1v) is 9.71. The summed E-state index contributed by atoms with van der Waals surface area (Å²) in [7, 11) is 1.57. The van der Waals surface area contributed by atoms with Crippen molar-refractivity contribution in [1.82, 2.24) is 9.88 Å². The first-order chi connectivity index (χ1) is 13.9. The molecule has 3 rings (SSSR count). The molecule has 1 aliphatic rings. The monoisotopic (exact) mass is 398 g/mol. The number of H-pyrrole nitrogens is 1. The van der Waals surface area contributed by atoms with Crippen LogP contribution in [-0.4, -0.2) is 53.8 Å². The van der Waals surface area contributed by atoms with E-state index in [1.807, 2.05) is 0 Å². The van der Waals surface area contributed by atoms with E-state index in [1.165, 1.54) is 0 Å². The van der Waals surface area contributed by atoms with Crippen LogP contribution in [0.15, 0.2) is 24.3 Å². The number of nitrogens with one attached hydrogen (secondary N) is 1. The molecule has 1 fully saturated rings. The number of hydrogen-bond donors (Lipinski definition) is 1. The highest BCUT2D eigenvalue weighted by Crippen LogP contribution is 2.30. The van der Waals surface area contributed by atoms with Crippen LogP contribution in [0.25, 0.3) is 0 Å². The smallest absolute Gasteiger partial charge is 0.355 e. The Hall–Kier alpha value is -3.09. The first-order valence-electron chi connectivity index (χ1n) is 9.71. The lowest BCUT2D eigenvalue weighted by Crippen LogP contribution is -2.37. The molecule has 1 heterocycles. The van der Waals surface area contributed by atoms with Gasteiger partial charge in [-0.3, -0.25) is 9.59 Å². The van der Waals surface area contributed by atoms with Crippen LogP contribution in [0.5, 0.6) is 5.75 Å². The second-order valence-electron chi connectivity index (χ2n) is 7.16. The van der Waals surface area contributed by atoms with E-state index in [1.54, 1.807) is 57.0 Å². The quantitative estimate of drug-likeness (QED) is 0.544. The second-order valence-corrected chi connectivity index (χ2v) is 7.16. The van der Waals surface area contributed by atoms with Crippen molar-refractivity contribution in [1.29, 1.82) is 0 Å². The molecule has 1 amide bonds. The highest BCUT2D eigenvalue weighted by Gasteiger charge is 2.35. The molecule has 29 heavy (non-hydrogen) atoms.